The standard InChI is InChI=1S/C9H21NO/c1-5-6-9(11)8(4)10-7(2)3/h7-11H,5-6H2,1-4H3. The summed E-state index contributed by atoms with van der Waals surface area (Å²) in [5.74, 6) is 0. The van der Waals surface area contributed by atoms with Gasteiger partial charge in [-0.25, -0.2) is 0 Å². The number of hydrogen-bond acceptors (Lipinski definition) is 2. The molecule has 0 aromatic rings. The van der Waals surface area contributed by atoms with E-state index in [1.807, 2.05) is 6.92 Å². The van der Waals surface area contributed by atoms with Gasteiger partial charge in [0, 0.05) is 12.1 Å². The third-order valence-electron chi connectivity index (χ3n) is 1.76. The molecule has 0 aromatic carbocycles. The third kappa shape index (κ3) is 5.22. The normalized spacial score (nSPS) is 16.9. The zero-order chi connectivity index (χ0) is 8.85. The smallest absolute Gasteiger partial charge is 0.0690 e. The monoisotopic (exact) mass is 159 g/mol. The topological polar surface area (TPSA) is 32.3 Å². The molecule has 0 aromatic heterocycles. The van der Waals surface area contributed by atoms with Crippen LogP contribution in [0.25, 0.3) is 0 Å². The zero-order valence-electron chi connectivity index (χ0n) is 8.09. The summed E-state index contributed by atoms with van der Waals surface area (Å²) in [5.41, 5.74) is 0. The van der Waals surface area contributed by atoms with Crippen LogP contribution in [0.3, 0.4) is 0 Å². The first-order valence-electron chi connectivity index (χ1n) is 4.52. The molecule has 0 aliphatic rings. The molecule has 2 unspecified atom stereocenters. The minimum Gasteiger partial charge on any atom is -0.392 e. The summed E-state index contributed by atoms with van der Waals surface area (Å²) in [4.78, 5) is 0. The van der Waals surface area contributed by atoms with Crippen LogP contribution in [0.4, 0.5) is 0 Å². The molecule has 0 aliphatic carbocycles. The zero-order valence-corrected chi connectivity index (χ0v) is 8.09. The molecule has 0 saturated heterocycles. The fraction of sp³-hybridized carbons (Fsp3) is 1.00. The van der Waals surface area contributed by atoms with E-state index in [2.05, 4.69) is 26.1 Å². The minimum absolute atomic E-state index is 0.192. The number of hydrogen-bond donors (Lipinski definition) is 2. The molecule has 68 valence electrons. The van der Waals surface area contributed by atoms with Gasteiger partial charge >= 0.3 is 0 Å². The number of rotatable bonds is 5. The molecule has 2 nitrogen and oxygen atoms in total. The summed E-state index contributed by atoms with van der Waals surface area (Å²) in [6.45, 7) is 8.30. The first-order valence-corrected chi connectivity index (χ1v) is 4.52. The van der Waals surface area contributed by atoms with Crippen molar-refractivity contribution in [2.24, 2.45) is 0 Å². The maximum absolute atomic E-state index is 9.50. The van der Waals surface area contributed by atoms with Gasteiger partial charge in [0.2, 0.25) is 0 Å². The van der Waals surface area contributed by atoms with Gasteiger partial charge in [-0.2, -0.15) is 0 Å². The average Bonchev–Trinajstić information content (AvgIpc) is 1.86. The molecule has 2 atom stereocenters. The maximum atomic E-state index is 9.50. The Morgan fingerprint density at radius 1 is 1.27 bits per heavy atom. The van der Waals surface area contributed by atoms with Gasteiger partial charge in [0.25, 0.3) is 0 Å². The van der Waals surface area contributed by atoms with Gasteiger partial charge in [0.15, 0.2) is 0 Å². The molecule has 11 heavy (non-hydrogen) atoms. The van der Waals surface area contributed by atoms with Crippen molar-refractivity contribution in [1.29, 1.82) is 0 Å². The molecule has 2 N–H and O–H groups in total. The van der Waals surface area contributed by atoms with Gasteiger partial charge in [0.05, 0.1) is 6.10 Å². The lowest BCUT2D eigenvalue weighted by atomic mass is 10.1. The van der Waals surface area contributed by atoms with Crippen LogP contribution >= 0.6 is 0 Å². The molecule has 0 heterocycles. The highest BCUT2D eigenvalue weighted by Crippen LogP contribution is 2.02. The fourth-order valence-electron chi connectivity index (χ4n) is 1.18. The summed E-state index contributed by atoms with van der Waals surface area (Å²) in [7, 11) is 0. The Bertz CT molecular complexity index is 93.6. The van der Waals surface area contributed by atoms with Crippen LogP contribution in [0.2, 0.25) is 0 Å². The highest BCUT2D eigenvalue weighted by atomic mass is 16.3. The lowest BCUT2D eigenvalue weighted by Crippen LogP contribution is -2.41. The van der Waals surface area contributed by atoms with E-state index in [0.29, 0.717) is 6.04 Å². The van der Waals surface area contributed by atoms with Crippen molar-refractivity contribution < 1.29 is 5.11 Å². The first kappa shape index (κ1) is 10.9. The van der Waals surface area contributed by atoms with Crippen molar-refractivity contribution in [3.8, 4) is 0 Å². The number of aliphatic hydroxyl groups excluding tert-OH is 1. The van der Waals surface area contributed by atoms with Crippen LogP contribution < -0.4 is 5.32 Å². The maximum Gasteiger partial charge on any atom is 0.0690 e. The molecular formula is C9H21NO. The molecule has 0 radical (unpaired) electrons. The Balaban J connectivity index is 3.54. The lowest BCUT2D eigenvalue weighted by molar-refractivity contribution is 0.120. The Morgan fingerprint density at radius 3 is 2.18 bits per heavy atom. The molecule has 0 bridgehead atoms. The molecule has 0 amide bonds. The van der Waals surface area contributed by atoms with Gasteiger partial charge < -0.3 is 10.4 Å². The van der Waals surface area contributed by atoms with Crippen molar-refractivity contribution in [1.82, 2.24) is 5.32 Å². The minimum atomic E-state index is -0.192. The van der Waals surface area contributed by atoms with Crippen LogP contribution in [0.1, 0.15) is 40.5 Å². The van der Waals surface area contributed by atoms with Crippen LogP contribution in [-0.4, -0.2) is 23.3 Å². The summed E-state index contributed by atoms with van der Waals surface area (Å²) in [6.07, 6.45) is 1.74. The summed E-state index contributed by atoms with van der Waals surface area (Å²) in [5, 5.41) is 12.8. The van der Waals surface area contributed by atoms with E-state index in [0.717, 1.165) is 12.8 Å². The van der Waals surface area contributed by atoms with Crippen molar-refractivity contribution >= 4 is 0 Å². The van der Waals surface area contributed by atoms with Gasteiger partial charge in [0.1, 0.15) is 0 Å². The first-order chi connectivity index (χ1) is 5.07. The third-order valence-corrected chi connectivity index (χ3v) is 1.76. The Kier molecular flexibility index (Phi) is 5.51. The predicted molar refractivity (Wildman–Crippen MR) is 48.6 cm³/mol. The van der Waals surface area contributed by atoms with Crippen LogP contribution in [0, 0.1) is 0 Å². The van der Waals surface area contributed by atoms with Crippen molar-refractivity contribution in [3.63, 3.8) is 0 Å². The lowest BCUT2D eigenvalue weighted by Gasteiger charge is -2.21. The summed E-state index contributed by atoms with van der Waals surface area (Å²) in [6, 6.07) is 0.673. The van der Waals surface area contributed by atoms with Crippen molar-refractivity contribution in [2.45, 2.75) is 58.7 Å². The summed E-state index contributed by atoms with van der Waals surface area (Å²) >= 11 is 0. The Morgan fingerprint density at radius 2 is 1.82 bits per heavy atom. The SMILES string of the molecule is CCCC(O)C(C)NC(C)C. The second-order valence-corrected chi connectivity index (χ2v) is 3.47. The van der Waals surface area contributed by atoms with Crippen LogP contribution in [-0.2, 0) is 0 Å². The van der Waals surface area contributed by atoms with E-state index in [-0.39, 0.29) is 12.1 Å². The molecule has 0 fully saturated rings. The second kappa shape index (κ2) is 5.56. The van der Waals surface area contributed by atoms with E-state index in [1.165, 1.54) is 0 Å². The average molecular weight is 159 g/mol. The predicted octanol–water partition coefficient (Wildman–Crippen LogP) is 1.53. The van der Waals surface area contributed by atoms with Crippen LogP contribution in [0.15, 0.2) is 0 Å². The Labute approximate surface area is 70.0 Å². The second-order valence-electron chi connectivity index (χ2n) is 3.47. The van der Waals surface area contributed by atoms with Crippen molar-refractivity contribution in [3.05, 3.63) is 0 Å². The highest BCUT2D eigenvalue weighted by molar-refractivity contribution is 4.71. The van der Waals surface area contributed by atoms with E-state index in [9.17, 15) is 5.11 Å². The van der Waals surface area contributed by atoms with Crippen LogP contribution in [0.5, 0.6) is 0 Å². The molecule has 0 rings (SSSR count). The summed E-state index contributed by atoms with van der Waals surface area (Å²) < 4.78 is 0. The van der Waals surface area contributed by atoms with Gasteiger partial charge in [-0.15, -0.1) is 0 Å². The van der Waals surface area contributed by atoms with Gasteiger partial charge in [-0.1, -0.05) is 27.2 Å². The number of nitrogens with one attached hydrogen (secondary N) is 1. The van der Waals surface area contributed by atoms with Gasteiger partial charge in [-0.05, 0) is 13.3 Å². The van der Waals surface area contributed by atoms with Gasteiger partial charge in [-0.3, -0.25) is 0 Å². The highest BCUT2D eigenvalue weighted by Gasteiger charge is 2.12. The molecule has 0 aliphatic heterocycles. The fourth-order valence-corrected chi connectivity index (χ4v) is 1.18. The Hall–Kier alpha value is -0.0800. The largest absolute Gasteiger partial charge is 0.392 e. The quantitative estimate of drug-likeness (QED) is 0.637. The van der Waals surface area contributed by atoms with E-state index < -0.39 is 0 Å². The molecule has 0 saturated carbocycles. The van der Waals surface area contributed by atoms with E-state index in [4.69, 9.17) is 0 Å². The number of aliphatic hydroxyl groups is 1. The molecule has 2 heteroatoms. The molecule has 0 spiro atoms. The van der Waals surface area contributed by atoms with E-state index >= 15 is 0 Å². The van der Waals surface area contributed by atoms with E-state index in [1.54, 1.807) is 0 Å². The molecular weight excluding hydrogens is 138 g/mol. The van der Waals surface area contributed by atoms with Crippen molar-refractivity contribution in [2.75, 3.05) is 0 Å².